The van der Waals surface area contributed by atoms with Gasteiger partial charge in [-0.05, 0) is 11.8 Å². The zero-order valence-corrected chi connectivity index (χ0v) is 11.4. The molecule has 4 nitrogen and oxygen atoms in total. The maximum Gasteiger partial charge on any atom is 0.158 e. The first-order valence-electron chi connectivity index (χ1n) is 5.89. The Morgan fingerprint density at radius 3 is 3.06 bits per heavy atom. The van der Waals surface area contributed by atoms with Crippen LogP contribution in [0, 0.1) is 5.41 Å². The van der Waals surface area contributed by atoms with Crippen molar-refractivity contribution in [1.29, 1.82) is 0 Å². The van der Waals surface area contributed by atoms with E-state index in [2.05, 4.69) is 36.2 Å². The molecule has 1 aromatic heterocycles. The number of rotatable bonds is 2. The summed E-state index contributed by atoms with van der Waals surface area (Å²) in [7, 11) is 0. The Bertz CT molecular complexity index is 381. The van der Waals surface area contributed by atoms with Gasteiger partial charge in [-0.3, -0.25) is 4.99 Å². The van der Waals surface area contributed by atoms with Crippen molar-refractivity contribution in [3.05, 3.63) is 18.0 Å². The van der Waals surface area contributed by atoms with Gasteiger partial charge in [0.15, 0.2) is 10.9 Å². The monoisotopic (exact) mass is 253 g/mol. The Balaban J connectivity index is 1.95. The number of aromatic nitrogens is 1. The van der Waals surface area contributed by atoms with Crippen molar-refractivity contribution < 1.29 is 4.52 Å². The molecule has 1 aromatic rings. The first-order valence-corrected chi connectivity index (χ1v) is 6.87. The molecule has 0 aromatic carbocycles. The maximum absolute atomic E-state index is 5.02. The minimum Gasteiger partial charge on any atom is -0.362 e. The highest BCUT2D eigenvalue weighted by Crippen LogP contribution is 2.27. The van der Waals surface area contributed by atoms with Crippen LogP contribution >= 0.6 is 11.8 Å². The molecular formula is C12H19N3OS. The van der Waals surface area contributed by atoms with Crippen molar-refractivity contribution in [3.63, 3.8) is 0 Å². The average Bonchev–Trinajstić information content (AvgIpc) is 2.78. The van der Waals surface area contributed by atoms with E-state index in [1.54, 1.807) is 18.0 Å². The molecule has 17 heavy (non-hydrogen) atoms. The molecule has 1 unspecified atom stereocenters. The molecule has 5 heteroatoms. The SMILES string of the molecule is CC(C)(C)C1CCSC(=NCc2ccno2)N1. The van der Waals surface area contributed by atoms with Crippen LogP contribution in [-0.2, 0) is 6.54 Å². The maximum atomic E-state index is 5.02. The molecule has 1 N–H and O–H groups in total. The standard InChI is InChI=1S/C12H19N3OS/c1-12(2,3)10-5-7-17-11(15-10)13-8-9-4-6-14-16-9/h4,6,10H,5,7-8H2,1-3H3,(H,13,15). The Hall–Kier alpha value is -0.970. The topological polar surface area (TPSA) is 50.4 Å². The van der Waals surface area contributed by atoms with E-state index in [1.807, 2.05) is 6.07 Å². The average molecular weight is 253 g/mol. The molecule has 1 fully saturated rings. The fourth-order valence-electron chi connectivity index (χ4n) is 1.75. The van der Waals surface area contributed by atoms with Crippen LogP contribution in [0.25, 0.3) is 0 Å². The fraction of sp³-hybridized carbons (Fsp3) is 0.667. The van der Waals surface area contributed by atoms with Gasteiger partial charge in [-0.25, -0.2) is 0 Å². The lowest BCUT2D eigenvalue weighted by molar-refractivity contribution is 0.290. The Morgan fingerprint density at radius 1 is 1.59 bits per heavy atom. The van der Waals surface area contributed by atoms with Crippen LogP contribution in [0.2, 0.25) is 0 Å². The number of hydrogen-bond acceptors (Lipinski definition) is 4. The third-order valence-corrected chi connectivity index (χ3v) is 3.82. The van der Waals surface area contributed by atoms with Crippen LogP contribution in [0.5, 0.6) is 0 Å². The Labute approximate surface area is 106 Å². The first-order chi connectivity index (χ1) is 8.05. The summed E-state index contributed by atoms with van der Waals surface area (Å²) >= 11 is 1.78. The smallest absolute Gasteiger partial charge is 0.158 e. The van der Waals surface area contributed by atoms with Crippen LogP contribution < -0.4 is 5.32 Å². The van der Waals surface area contributed by atoms with Crippen LogP contribution in [0.15, 0.2) is 21.8 Å². The summed E-state index contributed by atoms with van der Waals surface area (Å²) in [4.78, 5) is 4.52. The summed E-state index contributed by atoms with van der Waals surface area (Å²) in [6, 6.07) is 2.34. The molecule has 0 aliphatic carbocycles. The summed E-state index contributed by atoms with van der Waals surface area (Å²) in [6.45, 7) is 7.34. The molecular weight excluding hydrogens is 234 g/mol. The predicted molar refractivity (Wildman–Crippen MR) is 71.1 cm³/mol. The van der Waals surface area contributed by atoms with Gasteiger partial charge in [-0.2, -0.15) is 0 Å². The summed E-state index contributed by atoms with van der Waals surface area (Å²) in [6.07, 6.45) is 2.84. The molecule has 0 spiro atoms. The van der Waals surface area contributed by atoms with Gasteiger partial charge in [-0.15, -0.1) is 0 Å². The molecule has 0 radical (unpaired) electrons. The fourth-order valence-corrected chi connectivity index (χ4v) is 2.68. The lowest BCUT2D eigenvalue weighted by Crippen LogP contribution is -2.46. The summed E-state index contributed by atoms with van der Waals surface area (Å²) in [5.41, 5.74) is 0.272. The second-order valence-corrected chi connectivity index (χ2v) is 6.38. The third-order valence-electron chi connectivity index (χ3n) is 2.86. The highest BCUT2D eigenvalue weighted by molar-refractivity contribution is 8.13. The van der Waals surface area contributed by atoms with Crippen molar-refractivity contribution in [2.45, 2.75) is 39.8 Å². The van der Waals surface area contributed by atoms with Gasteiger partial charge in [0.25, 0.3) is 0 Å². The highest BCUT2D eigenvalue weighted by Gasteiger charge is 2.28. The highest BCUT2D eigenvalue weighted by atomic mass is 32.2. The number of nitrogens with zero attached hydrogens (tertiary/aromatic N) is 2. The minimum absolute atomic E-state index is 0.272. The van der Waals surface area contributed by atoms with E-state index in [9.17, 15) is 0 Å². The number of aliphatic imine (C=N–C) groups is 1. The predicted octanol–water partition coefficient (Wildman–Crippen LogP) is 2.67. The number of hydrogen-bond donors (Lipinski definition) is 1. The normalized spacial score (nSPS) is 23.7. The number of thioether (sulfide) groups is 1. The molecule has 1 aliphatic heterocycles. The van der Waals surface area contributed by atoms with E-state index in [-0.39, 0.29) is 5.41 Å². The van der Waals surface area contributed by atoms with Gasteiger partial charge in [0.1, 0.15) is 6.54 Å². The Morgan fingerprint density at radius 2 is 2.41 bits per heavy atom. The summed E-state index contributed by atoms with van der Waals surface area (Å²) < 4.78 is 5.02. The minimum atomic E-state index is 0.272. The van der Waals surface area contributed by atoms with Gasteiger partial charge in [0.05, 0.1) is 6.20 Å². The molecule has 2 heterocycles. The van der Waals surface area contributed by atoms with E-state index < -0.39 is 0 Å². The van der Waals surface area contributed by atoms with E-state index in [4.69, 9.17) is 4.52 Å². The Kier molecular flexibility index (Phi) is 3.76. The van der Waals surface area contributed by atoms with Crippen molar-refractivity contribution in [3.8, 4) is 0 Å². The summed E-state index contributed by atoms with van der Waals surface area (Å²) in [5, 5.41) is 8.20. The van der Waals surface area contributed by atoms with Gasteiger partial charge in [-0.1, -0.05) is 37.7 Å². The van der Waals surface area contributed by atoms with Crippen molar-refractivity contribution in [2.24, 2.45) is 10.4 Å². The first kappa shape index (κ1) is 12.5. The zero-order valence-electron chi connectivity index (χ0n) is 10.6. The van der Waals surface area contributed by atoms with E-state index in [0.717, 1.165) is 16.7 Å². The largest absolute Gasteiger partial charge is 0.362 e. The summed E-state index contributed by atoms with van der Waals surface area (Å²) in [5.74, 6) is 1.93. The number of amidine groups is 1. The molecule has 1 atom stereocenters. The lowest BCUT2D eigenvalue weighted by Gasteiger charge is -2.35. The molecule has 0 amide bonds. The van der Waals surface area contributed by atoms with E-state index in [0.29, 0.717) is 12.6 Å². The van der Waals surface area contributed by atoms with Crippen molar-refractivity contribution in [1.82, 2.24) is 10.5 Å². The van der Waals surface area contributed by atoms with Gasteiger partial charge >= 0.3 is 0 Å². The quantitative estimate of drug-likeness (QED) is 0.880. The van der Waals surface area contributed by atoms with Gasteiger partial charge in [0, 0.05) is 17.9 Å². The second-order valence-electron chi connectivity index (χ2n) is 5.30. The third kappa shape index (κ3) is 3.49. The molecule has 0 saturated carbocycles. The molecule has 2 rings (SSSR count). The molecule has 0 bridgehead atoms. The van der Waals surface area contributed by atoms with Gasteiger partial charge in [0.2, 0.25) is 0 Å². The zero-order chi connectivity index (χ0) is 12.3. The molecule has 1 saturated heterocycles. The number of nitrogens with one attached hydrogen (secondary N) is 1. The van der Waals surface area contributed by atoms with Crippen LogP contribution in [0.1, 0.15) is 33.0 Å². The molecule has 94 valence electrons. The van der Waals surface area contributed by atoms with E-state index in [1.165, 1.54) is 6.42 Å². The van der Waals surface area contributed by atoms with Crippen molar-refractivity contribution >= 4 is 16.9 Å². The van der Waals surface area contributed by atoms with E-state index >= 15 is 0 Å². The lowest BCUT2D eigenvalue weighted by atomic mass is 9.85. The second kappa shape index (κ2) is 5.12. The van der Waals surface area contributed by atoms with Crippen LogP contribution in [0.4, 0.5) is 0 Å². The van der Waals surface area contributed by atoms with Gasteiger partial charge < -0.3 is 9.84 Å². The molecule has 1 aliphatic rings. The van der Waals surface area contributed by atoms with Crippen LogP contribution in [0.3, 0.4) is 0 Å². The van der Waals surface area contributed by atoms with Crippen molar-refractivity contribution in [2.75, 3.05) is 5.75 Å². The van der Waals surface area contributed by atoms with Crippen LogP contribution in [-0.4, -0.2) is 22.1 Å².